The van der Waals surface area contributed by atoms with Gasteiger partial charge in [-0.15, -0.1) is 0 Å². The molecule has 0 fully saturated rings. The third-order valence-electron chi connectivity index (χ3n) is 3.78. The quantitative estimate of drug-likeness (QED) is 0.807. The monoisotopic (exact) mass is 316 g/mol. The first-order chi connectivity index (χ1) is 10.7. The Morgan fingerprint density at radius 2 is 1.70 bits per heavy atom. The van der Waals surface area contributed by atoms with Crippen LogP contribution < -0.4 is 22.3 Å². The van der Waals surface area contributed by atoms with Crippen molar-refractivity contribution in [3.63, 3.8) is 0 Å². The van der Waals surface area contributed by atoms with Gasteiger partial charge in [-0.05, 0) is 26.0 Å². The van der Waals surface area contributed by atoms with Crippen LogP contribution in [0.3, 0.4) is 0 Å². The van der Waals surface area contributed by atoms with Gasteiger partial charge < -0.3 is 11.1 Å². The first-order valence-electron chi connectivity index (χ1n) is 7.17. The van der Waals surface area contributed by atoms with Crippen LogP contribution in [0.1, 0.15) is 22.8 Å². The molecule has 0 aliphatic heterocycles. The van der Waals surface area contributed by atoms with Crippen LogP contribution >= 0.6 is 0 Å². The number of nitrogens with zero attached hydrogens (tertiary/aromatic N) is 2. The lowest BCUT2D eigenvalue weighted by Gasteiger charge is -2.16. The fourth-order valence-electron chi connectivity index (χ4n) is 2.27. The Morgan fingerprint density at radius 1 is 1.13 bits per heavy atom. The van der Waals surface area contributed by atoms with E-state index in [2.05, 4.69) is 5.32 Å². The minimum absolute atomic E-state index is 0.124. The molecule has 23 heavy (non-hydrogen) atoms. The number of nitrogen functional groups attached to an aromatic ring is 1. The summed E-state index contributed by atoms with van der Waals surface area (Å²) < 4.78 is 1.97. The van der Waals surface area contributed by atoms with Gasteiger partial charge >= 0.3 is 5.69 Å². The Kier molecular flexibility index (Phi) is 4.40. The van der Waals surface area contributed by atoms with E-state index in [0.717, 1.165) is 20.4 Å². The van der Waals surface area contributed by atoms with Crippen LogP contribution in [0, 0.1) is 6.92 Å². The molecule has 0 radical (unpaired) electrons. The molecule has 0 unspecified atom stereocenters. The second kappa shape index (κ2) is 6.12. The van der Waals surface area contributed by atoms with Crippen LogP contribution in [0.2, 0.25) is 0 Å². The highest BCUT2D eigenvalue weighted by Gasteiger charge is 2.24. The van der Waals surface area contributed by atoms with Crippen LogP contribution in [-0.4, -0.2) is 21.0 Å². The highest BCUT2D eigenvalue weighted by atomic mass is 16.2. The van der Waals surface area contributed by atoms with Gasteiger partial charge in [0.05, 0.1) is 6.04 Å². The van der Waals surface area contributed by atoms with Crippen molar-refractivity contribution in [1.29, 1.82) is 0 Å². The maximum atomic E-state index is 12.6. The molecule has 1 aromatic carbocycles. The number of benzene rings is 1. The van der Waals surface area contributed by atoms with Gasteiger partial charge in [-0.25, -0.2) is 4.79 Å². The predicted octanol–water partition coefficient (Wildman–Crippen LogP) is 0.658. The Bertz CT molecular complexity index is 863. The maximum Gasteiger partial charge on any atom is 0.332 e. The summed E-state index contributed by atoms with van der Waals surface area (Å²) in [5.41, 5.74) is 6.24. The minimum Gasteiger partial charge on any atom is -0.384 e. The zero-order chi connectivity index (χ0) is 17.3. The molecule has 0 aliphatic rings. The van der Waals surface area contributed by atoms with Gasteiger partial charge in [0.25, 0.3) is 5.56 Å². The third-order valence-corrected chi connectivity index (χ3v) is 3.78. The highest BCUT2D eigenvalue weighted by Crippen LogP contribution is 2.13. The standard InChI is InChI=1S/C16H20N4O3/c1-9-5-7-11(8-6-9)18-10(2)13(21)12-14(17)19(3)16(23)20(4)15(12)22/h5-8,10,18H,17H2,1-4H3/t10-/m1/s1. The predicted molar refractivity (Wildman–Crippen MR) is 89.9 cm³/mol. The average Bonchev–Trinajstić information content (AvgIpc) is 2.53. The van der Waals surface area contributed by atoms with Gasteiger partial charge in [0, 0.05) is 19.8 Å². The normalized spacial score (nSPS) is 12.0. The van der Waals surface area contributed by atoms with Gasteiger partial charge in [-0.1, -0.05) is 17.7 Å². The number of Topliss-reactive ketones (excluding diaryl/α,β-unsaturated/α-hetero) is 1. The third kappa shape index (κ3) is 3.03. The number of aryl methyl sites for hydroxylation is 1. The molecule has 1 atom stereocenters. The van der Waals surface area contributed by atoms with Crippen LogP contribution in [0.15, 0.2) is 33.9 Å². The molecule has 0 amide bonds. The number of nitrogens with two attached hydrogens (primary N) is 1. The molecule has 1 aromatic heterocycles. The number of carbonyl (C=O) groups excluding carboxylic acids is 1. The average molecular weight is 316 g/mol. The summed E-state index contributed by atoms with van der Waals surface area (Å²) in [6.07, 6.45) is 0. The molecule has 2 aromatic rings. The van der Waals surface area contributed by atoms with Gasteiger partial charge in [-0.2, -0.15) is 0 Å². The summed E-state index contributed by atoms with van der Waals surface area (Å²) in [4.78, 5) is 36.6. The Balaban J connectivity index is 2.39. The molecule has 1 heterocycles. The first kappa shape index (κ1) is 16.5. The lowest BCUT2D eigenvalue weighted by Crippen LogP contribution is -2.43. The fourth-order valence-corrected chi connectivity index (χ4v) is 2.27. The van der Waals surface area contributed by atoms with E-state index < -0.39 is 23.1 Å². The number of aromatic nitrogens is 2. The van der Waals surface area contributed by atoms with Crippen LogP contribution in [-0.2, 0) is 14.1 Å². The number of ketones is 1. The topological polar surface area (TPSA) is 99.1 Å². The smallest absolute Gasteiger partial charge is 0.332 e. The van der Waals surface area contributed by atoms with Crippen molar-refractivity contribution >= 4 is 17.3 Å². The molecule has 0 spiro atoms. The van der Waals surface area contributed by atoms with Crippen LogP contribution in [0.5, 0.6) is 0 Å². The molecule has 0 aliphatic carbocycles. The number of carbonyl (C=O) groups is 1. The summed E-state index contributed by atoms with van der Waals surface area (Å²) in [6.45, 7) is 3.61. The van der Waals surface area contributed by atoms with Crippen molar-refractivity contribution in [1.82, 2.24) is 9.13 Å². The van der Waals surface area contributed by atoms with Gasteiger partial charge in [0.15, 0.2) is 5.78 Å². The van der Waals surface area contributed by atoms with E-state index in [-0.39, 0.29) is 11.4 Å². The van der Waals surface area contributed by atoms with E-state index in [0.29, 0.717) is 0 Å². The highest BCUT2D eigenvalue weighted by molar-refractivity contribution is 6.04. The van der Waals surface area contributed by atoms with Gasteiger partial charge in [-0.3, -0.25) is 18.7 Å². The van der Waals surface area contributed by atoms with Crippen molar-refractivity contribution in [3.8, 4) is 0 Å². The molecule has 3 N–H and O–H groups in total. The van der Waals surface area contributed by atoms with E-state index in [9.17, 15) is 14.4 Å². The van der Waals surface area contributed by atoms with Crippen molar-refractivity contribution in [3.05, 3.63) is 56.2 Å². The van der Waals surface area contributed by atoms with Gasteiger partial charge in [0.2, 0.25) is 0 Å². The van der Waals surface area contributed by atoms with E-state index in [1.807, 2.05) is 31.2 Å². The number of hydrogen-bond donors (Lipinski definition) is 2. The molecular weight excluding hydrogens is 296 g/mol. The molecule has 122 valence electrons. The summed E-state index contributed by atoms with van der Waals surface area (Å²) in [7, 11) is 2.74. The minimum atomic E-state index is -0.687. The number of anilines is 2. The van der Waals surface area contributed by atoms with E-state index in [1.165, 1.54) is 14.1 Å². The van der Waals surface area contributed by atoms with E-state index in [4.69, 9.17) is 5.73 Å². The summed E-state index contributed by atoms with van der Waals surface area (Å²) in [5.74, 6) is -0.583. The lowest BCUT2D eigenvalue weighted by atomic mass is 10.1. The van der Waals surface area contributed by atoms with Crippen molar-refractivity contribution in [2.24, 2.45) is 14.1 Å². The van der Waals surface area contributed by atoms with Crippen LogP contribution in [0.25, 0.3) is 0 Å². The van der Waals surface area contributed by atoms with E-state index >= 15 is 0 Å². The maximum absolute atomic E-state index is 12.6. The molecule has 0 saturated carbocycles. The molecule has 0 bridgehead atoms. The SMILES string of the molecule is Cc1ccc(N[C@H](C)C(=O)c2c(N)n(C)c(=O)n(C)c2=O)cc1. The zero-order valence-corrected chi connectivity index (χ0v) is 13.6. The second-order valence-electron chi connectivity index (χ2n) is 5.56. The molecule has 7 heteroatoms. The van der Waals surface area contributed by atoms with Gasteiger partial charge in [0.1, 0.15) is 11.4 Å². The Morgan fingerprint density at radius 3 is 2.26 bits per heavy atom. The van der Waals surface area contributed by atoms with Crippen LogP contribution in [0.4, 0.5) is 11.5 Å². The molecule has 0 saturated heterocycles. The molecule has 2 rings (SSSR count). The van der Waals surface area contributed by atoms with Crippen molar-refractivity contribution < 1.29 is 4.79 Å². The molecular formula is C16H20N4O3. The number of nitrogens with one attached hydrogen (secondary N) is 1. The van der Waals surface area contributed by atoms with Crippen molar-refractivity contribution in [2.75, 3.05) is 11.1 Å². The fraction of sp³-hybridized carbons (Fsp3) is 0.312. The Labute approximate surface area is 133 Å². The van der Waals surface area contributed by atoms with E-state index in [1.54, 1.807) is 6.92 Å². The zero-order valence-electron chi connectivity index (χ0n) is 13.6. The number of rotatable bonds is 4. The summed E-state index contributed by atoms with van der Waals surface area (Å²) in [6, 6.07) is 6.87. The lowest BCUT2D eigenvalue weighted by molar-refractivity contribution is 0.0973. The molecule has 7 nitrogen and oxygen atoms in total. The first-order valence-corrected chi connectivity index (χ1v) is 7.17. The largest absolute Gasteiger partial charge is 0.384 e. The van der Waals surface area contributed by atoms with Crippen molar-refractivity contribution in [2.45, 2.75) is 19.9 Å². The Hall–Kier alpha value is -2.83. The summed E-state index contributed by atoms with van der Waals surface area (Å²) in [5, 5.41) is 3.03. The summed E-state index contributed by atoms with van der Waals surface area (Å²) >= 11 is 0. The second-order valence-corrected chi connectivity index (χ2v) is 5.56. The number of hydrogen-bond acceptors (Lipinski definition) is 5.